The summed E-state index contributed by atoms with van der Waals surface area (Å²) in [6.45, 7) is 3.78. The summed E-state index contributed by atoms with van der Waals surface area (Å²) in [4.78, 5) is 0. The van der Waals surface area contributed by atoms with E-state index in [9.17, 15) is 8.78 Å². The third-order valence-corrected chi connectivity index (χ3v) is 2.44. The molecule has 4 heteroatoms. The topological polar surface area (TPSA) is 17.8 Å². The summed E-state index contributed by atoms with van der Waals surface area (Å²) < 4.78 is 28.7. The Bertz CT molecular complexity index is 467. The van der Waals surface area contributed by atoms with Crippen LogP contribution in [0, 0.1) is 11.6 Å². The quantitative estimate of drug-likeness (QED) is 0.762. The number of hydrogen-bond acceptors (Lipinski definition) is 1. The highest BCUT2D eigenvalue weighted by atomic mass is 19.1. The van der Waals surface area contributed by atoms with Crippen LogP contribution >= 0.6 is 0 Å². The molecule has 2 nitrogen and oxygen atoms in total. The number of aromatic nitrogens is 2. The van der Waals surface area contributed by atoms with Gasteiger partial charge in [-0.15, -0.1) is 0 Å². The molecule has 0 aliphatic heterocycles. The van der Waals surface area contributed by atoms with E-state index in [1.807, 2.05) is 13.8 Å². The molecule has 16 heavy (non-hydrogen) atoms. The summed E-state index contributed by atoms with van der Waals surface area (Å²) in [5.41, 5.74) is 0.514. The summed E-state index contributed by atoms with van der Waals surface area (Å²) in [7, 11) is 0. The molecule has 0 aliphatic rings. The average Bonchev–Trinajstić information content (AvgIpc) is 2.69. The summed E-state index contributed by atoms with van der Waals surface area (Å²) in [5.74, 6) is -1.09. The zero-order chi connectivity index (χ0) is 11.7. The zero-order valence-corrected chi connectivity index (χ0v) is 9.11. The molecule has 0 fully saturated rings. The lowest BCUT2D eigenvalue weighted by Crippen LogP contribution is -2.04. The van der Waals surface area contributed by atoms with E-state index in [2.05, 4.69) is 5.10 Å². The summed E-state index contributed by atoms with van der Waals surface area (Å²) >= 11 is 0. The van der Waals surface area contributed by atoms with Crippen molar-refractivity contribution in [2.24, 2.45) is 0 Å². The molecule has 0 spiro atoms. The van der Waals surface area contributed by atoms with Gasteiger partial charge in [0.25, 0.3) is 0 Å². The molecule has 1 aromatic heterocycles. The smallest absolute Gasteiger partial charge is 0.152 e. The van der Waals surface area contributed by atoms with Crippen LogP contribution in [-0.2, 0) is 0 Å². The molecule has 0 aliphatic carbocycles. The van der Waals surface area contributed by atoms with E-state index >= 15 is 0 Å². The molecule has 2 aromatic rings. The molecule has 0 saturated carbocycles. The first kappa shape index (κ1) is 10.8. The molecule has 0 atom stereocenters. The molecule has 0 N–H and O–H groups in total. The second-order valence-electron chi connectivity index (χ2n) is 3.94. The molecule has 0 amide bonds. The molecule has 0 bridgehead atoms. The molecule has 2 rings (SSSR count). The Morgan fingerprint density at radius 3 is 2.25 bits per heavy atom. The lowest BCUT2D eigenvalue weighted by Gasteiger charge is -2.10. The number of rotatable bonds is 2. The van der Waals surface area contributed by atoms with Crippen molar-refractivity contribution in [1.29, 1.82) is 0 Å². The van der Waals surface area contributed by atoms with Gasteiger partial charge in [0.15, 0.2) is 11.6 Å². The average molecular weight is 222 g/mol. The summed E-state index contributed by atoms with van der Waals surface area (Å²) in [6.07, 6.45) is 2.99. The predicted octanol–water partition coefficient (Wildman–Crippen LogP) is 3.27. The van der Waals surface area contributed by atoms with Gasteiger partial charge in [-0.25, -0.2) is 13.5 Å². The van der Waals surface area contributed by atoms with Crippen LogP contribution in [0.2, 0.25) is 0 Å². The van der Waals surface area contributed by atoms with E-state index in [0.29, 0.717) is 5.56 Å². The maximum Gasteiger partial charge on any atom is 0.152 e. The molecular weight excluding hydrogens is 210 g/mol. The van der Waals surface area contributed by atoms with Crippen molar-refractivity contribution in [1.82, 2.24) is 9.78 Å². The molecule has 1 aromatic carbocycles. The molecule has 84 valence electrons. The highest BCUT2D eigenvalue weighted by Gasteiger charge is 2.14. The van der Waals surface area contributed by atoms with Gasteiger partial charge in [-0.1, -0.05) is 13.8 Å². The van der Waals surface area contributed by atoms with Gasteiger partial charge in [0.1, 0.15) is 5.69 Å². The van der Waals surface area contributed by atoms with Crippen LogP contribution in [0.1, 0.15) is 25.3 Å². The number of nitrogens with zero attached hydrogens (tertiary/aromatic N) is 2. The van der Waals surface area contributed by atoms with Crippen molar-refractivity contribution in [3.05, 3.63) is 47.8 Å². The maximum atomic E-state index is 13.7. The first-order valence-electron chi connectivity index (χ1n) is 5.08. The van der Waals surface area contributed by atoms with Gasteiger partial charge in [0.05, 0.1) is 0 Å². The molecular formula is C12H12F2N2. The SMILES string of the molecule is CC(C)c1cc(F)c(-n2cccn2)c(F)c1. The third kappa shape index (κ3) is 1.83. The van der Waals surface area contributed by atoms with Crippen molar-refractivity contribution in [2.45, 2.75) is 19.8 Å². The van der Waals surface area contributed by atoms with Crippen LogP contribution in [0.5, 0.6) is 0 Å². The minimum absolute atomic E-state index is 0.0932. The Balaban J connectivity index is 2.56. The fraction of sp³-hybridized carbons (Fsp3) is 0.250. The molecule has 0 unspecified atom stereocenters. The second kappa shape index (κ2) is 4.04. The van der Waals surface area contributed by atoms with E-state index in [1.165, 1.54) is 29.2 Å². The van der Waals surface area contributed by atoms with E-state index in [4.69, 9.17) is 0 Å². The predicted molar refractivity (Wildman–Crippen MR) is 57.6 cm³/mol. The number of hydrogen-bond donors (Lipinski definition) is 0. The van der Waals surface area contributed by atoms with Gasteiger partial charge in [-0.3, -0.25) is 0 Å². The van der Waals surface area contributed by atoms with E-state index < -0.39 is 11.6 Å². The highest BCUT2D eigenvalue weighted by molar-refractivity contribution is 5.38. The highest BCUT2D eigenvalue weighted by Crippen LogP contribution is 2.23. The van der Waals surface area contributed by atoms with Crippen molar-refractivity contribution in [3.8, 4) is 5.69 Å². The number of benzene rings is 1. The lowest BCUT2D eigenvalue weighted by atomic mass is 10.0. The van der Waals surface area contributed by atoms with Crippen molar-refractivity contribution < 1.29 is 8.78 Å². The van der Waals surface area contributed by atoms with Crippen molar-refractivity contribution in [2.75, 3.05) is 0 Å². The molecule has 0 radical (unpaired) electrons. The lowest BCUT2D eigenvalue weighted by molar-refractivity contribution is 0.554. The van der Waals surface area contributed by atoms with Gasteiger partial charge >= 0.3 is 0 Å². The van der Waals surface area contributed by atoms with Gasteiger partial charge in [-0.05, 0) is 29.7 Å². The molecule has 0 saturated heterocycles. The Morgan fingerprint density at radius 2 is 1.81 bits per heavy atom. The monoisotopic (exact) mass is 222 g/mol. The van der Waals surface area contributed by atoms with Crippen LogP contribution in [0.25, 0.3) is 5.69 Å². The van der Waals surface area contributed by atoms with Crippen LogP contribution in [0.3, 0.4) is 0 Å². The minimum atomic E-state index is -0.590. The third-order valence-electron chi connectivity index (χ3n) is 2.44. The number of halogens is 2. The van der Waals surface area contributed by atoms with Gasteiger partial charge in [0.2, 0.25) is 0 Å². The van der Waals surface area contributed by atoms with Gasteiger partial charge < -0.3 is 0 Å². The van der Waals surface area contributed by atoms with Gasteiger partial charge in [0, 0.05) is 12.4 Å². The second-order valence-corrected chi connectivity index (χ2v) is 3.94. The summed E-state index contributed by atoms with van der Waals surface area (Å²) in [6, 6.07) is 4.32. The van der Waals surface area contributed by atoms with E-state index in [0.717, 1.165) is 0 Å². The Morgan fingerprint density at radius 1 is 1.19 bits per heavy atom. The van der Waals surface area contributed by atoms with Gasteiger partial charge in [-0.2, -0.15) is 5.10 Å². The fourth-order valence-corrected chi connectivity index (χ4v) is 1.54. The van der Waals surface area contributed by atoms with Crippen LogP contribution < -0.4 is 0 Å². The van der Waals surface area contributed by atoms with Crippen LogP contribution in [0.4, 0.5) is 8.78 Å². The minimum Gasteiger partial charge on any atom is -0.235 e. The van der Waals surface area contributed by atoms with E-state index in [-0.39, 0.29) is 11.6 Å². The molecule has 1 heterocycles. The largest absolute Gasteiger partial charge is 0.235 e. The standard InChI is InChI=1S/C12H12F2N2/c1-8(2)9-6-10(13)12(11(14)7-9)16-5-3-4-15-16/h3-8H,1-2H3. The van der Waals surface area contributed by atoms with Crippen LogP contribution in [-0.4, -0.2) is 9.78 Å². The first-order valence-corrected chi connectivity index (χ1v) is 5.08. The fourth-order valence-electron chi connectivity index (χ4n) is 1.54. The first-order chi connectivity index (χ1) is 7.59. The van der Waals surface area contributed by atoms with Crippen LogP contribution in [0.15, 0.2) is 30.6 Å². The maximum absolute atomic E-state index is 13.7. The Kier molecular flexibility index (Phi) is 2.73. The van der Waals surface area contributed by atoms with Crippen molar-refractivity contribution in [3.63, 3.8) is 0 Å². The summed E-state index contributed by atoms with van der Waals surface area (Å²) in [5, 5.41) is 3.82. The normalized spacial score (nSPS) is 11.1. The van der Waals surface area contributed by atoms with E-state index in [1.54, 1.807) is 6.07 Å². The van der Waals surface area contributed by atoms with Crippen molar-refractivity contribution >= 4 is 0 Å². The zero-order valence-electron chi connectivity index (χ0n) is 9.11. The Labute approximate surface area is 92.5 Å². The Hall–Kier alpha value is -1.71.